The zero-order valence-electron chi connectivity index (χ0n) is 10.0. The summed E-state index contributed by atoms with van der Waals surface area (Å²) in [6.45, 7) is 2.43. The molecule has 0 fully saturated rings. The fourth-order valence-corrected chi connectivity index (χ4v) is 1.29. The number of carbonyl (C=O) groups is 1. The van der Waals surface area contributed by atoms with Crippen molar-refractivity contribution < 1.29 is 4.79 Å². The molecule has 0 aromatic carbocycles. The number of rotatable bonds is 9. The quantitative estimate of drug-likeness (QED) is 0.370. The summed E-state index contributed by atoms with van der Waals surface area (Å²) < 4.78 is 0. The Balaban J connectivity index is 3.60. The zero-order valence-corrected chi connectivity index (χ0v) is 10.0. The summed E-state index contributed by atoms with van der Waals surface area (Å²) in [5.41, 5.74) is 0. The smallest absolute Gasteiger partial charge is 0.221 e. The van der Waals surface area contributed by atoms with E-state index in [0.717, 1.165) is 19.5 Å². The molecule has 5 nitrogen and oxygen atoms in total. The largest absolute Gasteiger partial charge is 0.355 e. The van der Waals surface area contributed by atoms with E-state index in [2.05, 4.69) is 21.3 Å². The van der Waals surface area contributed by atoms with Crippen LogP contribution in [0, 0.1) is 0 Å². The SMILES string of the molecule is CNCCNC(=O)CC(CCNC)NC. The molecule has 0 saturated carbocycles. The lowest BCUT2D eigenvalue weighted by molar-refractivity contribution is -0.121. The molecule has 0 aliphatic heterocycles. The standard InChI is InChI=1S/C10H24N4O/c1-11-5-4-9(13-3)8-10(15)14-7-6-12-2/h9,11-13H,4-8H2,1-3H3,(H,14,15). The number of likely N-dealkylation sites (N-methyl/N-ethyl adjacent to an activating group) is 1. The van der Waals surface area contributed by atoms with Crippen LogP contribution in [0.25, 0.3) is 0 Å². The average Bonchev–Trinajstić information content (AvgIpc) is 2.24. The summed E-state index contributed by atoms with van der Waals surface area (Å²) >= 11 is 0. The Bertz CT molecular complexity index is 164. The van der Waals surface area contributed by atoms with E-state index in [4.69, 9.17) is 0 Å². The van der Waals surface area contributed by atoms with Crippen molar-refractivity contribution in [3.8, 4) is 0 Å². The fraction of sp³-hybridized carbons (Fsp3) is 0.900. The second kappa shape index (κ2) is 9.89. The van der Waals surface area contributed by atoms with E-state index >= 15 is 0 Å². The molecule has 4 N–H and O–H groups in total. The normalized spacial score (nSPS) is 12.5. The number of hydrogen-bond donors (Lipinski definition) is 4. The molecule has 0 rings (SSSR count). The van der Waals surface area contributed by atoms with Crippen LogP contribution in [0.1, 0.15) is 12.8 Å². The first-order chi connectivity index (χ1) is 7.24. The topological polar surface area (TPSA) is 65.2 Å². The molecular weight excluding hydrogens is 192 g/mol. The summed E-state index contributed by atoms with van der Waals surface area (Å²) in [7, 11) is 5.68. The summed E-state index contributed by atoms with van der Waals surface area (Å²) in [6, 6.07) is 0.257. The first-order valence-electron chi connectivity index (χ1n) is 5.47. The van der Waals surface area contributed by atoms with Crippen LogP contribution in [0.2, 0.25) is 0 Å². The zero-order chi connectivity index (χ0) is 11.5. The van der Waals surface area contributed by atoms with Gasteiger partial charge in [0.1, 0.15) is 0 Å². The average molecular weight is 216 g/mol. The van der Waals surface area contributed by atoms with Gasteiger partial charge in [-0.05, 0) is 34.1 Å². The van der Waals surface area contributed by atoms with Gasteiger partial charge in [-0.25, -0.2) is 0 Å². The predicted octanol–water partition coefficient (Wildman–Crippen LogP) is -1.09. The molecule has 0 aliphatic rings. The molecule has 1 amide bonds. The van der Waals surface area contributed by atoms with E-state index in [1.54, 1.807) is 0 Å². The molecule has 0 saturated heterocycles. The number of carbonyl (C=O) groups excluding carboxylic acids is 1. The van der Waals surface area contributed by atoms with E-state index in [1.807, 2.05) is 21.1 Å². The van der Waals surface area contributed by atoms with Crippen LogP contribution in [-0.4, -0.2) is 52.7 Å². The van der Waals surface area contributed by atoms with Gasteiger partial charge in [0.25, 0.3) is 0 Å². The lowest BCUT2D eigenvalue weighted by Crippen LogP contribution is -2.37. The van der Waals surface area contributed by atoms with Gasteiger partial charge < -0.3 is 21.3 Å². The molecule has 0 aliphatic carbocycles. The minimum atomic E-state index is 0.112. The van der Waals surface area contributed by atoms with Crippen LogP contribution in [-0.2, 0) is 4.79 Å². The van der Waals surface area contributed by atoms with Crippen LogP contribution in [0.5, 0.6) is 0 Å². The van der Waals surface area contributed by atoms with Crippen molar-refractivity contribution in [1.82, 2.24) is 21.3 Å². The van der Waals surface area contributed by atoms with E-state index in [9.17, 15) is 4.79 Å². The monoisotopic (exact) mass is 216 g/mol. The lowest BCUT2D eigenvalue weighted by Gasteiger charge is -2.15. The Morgan fingerprint density at radius 2 is 1.73 bits per heavy atom. The maximum Gasteiger partial charge on any atom is 0.221 e. The highest BCUT2D eigenvalue weighted by Gasteiger charge is 2.10. The van der Waals surface area contributed by atoms with Crippen LogP contribution < -0.4 is 21.3 Å². The first-order valence-corrected chi connectivity index (χ1v) is 5.47. The Hall–Kier alpha value is -0.650. The third-order valence-corrected chi connectivity index (χ3v) is 2.28. The van der Waals surface area contributed by atoms with Crippen LogP contribution in [0.15, 0.2) is 0 Å². The van der Waals surface area contributed by atoms with E-state index < -0.39 is 0 Å². The molecule has 15 heavy (non-hydrogen) atoms. The highest BCUT2D eigenvalue weighted by molar-refractivity contribution is 5.76. The summed E-state index contributed by atoms with van der Waals surface area (Å²) in [5, 5.41) is 12.1. The van der Waals surface area contributed by atoms with Gasteiger partial charge in [-0.15, -0.1) is 0 Å². The van der Waals surface area contributed by atoms with Crippen molar-refractivity contribution in [3.63, 3.8) is 0 Å². The van der Waals surface area contributed by atoms with Crippen molar-refractivity contribution in [2.75, 3.05) is 40.8 Å². The molecule has 0 spiro atoms. The van der Waals surface area contributed by atoms with Gasteiger partial charge >= 0.3 is 0 Å². The van der Waals surface area contributed by atoms with Gasteiger partial charge in [0.05, 0.1) is 0 Å². The molecule has 0 aromatic heterocycles. The van der Waals surface area contributed by atoms with Gasteiger partial charge in [0, 0.05) is 25.6 Å². The van der Waals surface area contributed by atoms with Crippen LogP contribution in [0.4, 0.5) is 0 Å². The van der Waals surface area contributed by atoms with Crippen molar-refractivity contribution in [3.05, 3.63) is 0 Å². The second-order valence-electron chi connectivity index (χ2n) is 3.54. The van der Waals surface area contributed by atoms with Gasteiger partial charge in [-0.2, -0.15) is 0 Å². The minimum Gasteiger partial charge on any atom is -0.355 e. The van der Waals surface area contributed by atoms with Gasteiger partial charge in [-0.1, -0.05) is 0 Å². The summed E-state index contributed by atoms with van der Waals surface area (Å²) in [5.74, 6) is 0.112. The van der Waals surface area contributed by atoms with Gasteiger partial charge in [0.15, 0.2) is 0 Å². The predicted molar refractivity (Wildman–Crippen MR) is 62.9 cm³/mol. The molecule has 0 heterocycles. The van der Waals surface area contributed by atoms with Crippen molar-refractivity contribution >= 4 is 5.91 Å². The first kappa shape index (κ1) is 14.3. The number of hydrogen-bond acceptors (Lipinski definition) is 4. The van der Waals surface area contributed by atoms with Crippen molar-refractivity contribution in [1.29, 1.82) is 0 Å². The van der Waals surface area contributed by atoms with Crippen LogP contribution in [0.3, 0.4) is 0 Å². The Morgan fingerprint density at radius 1 is 1.07 bits per heavy atom. The van der Waals surface area contributed by atoms with E-state index in [-0.39, 0.29) is 11.9 Å². The van der Waals surface area contributed by atoms with Crippen molar-refractivity contribution in [2.45, 2.75) is 18.9 Å². The lowest BCUT2D eigenvalue weighted by atomic mass is 10.1. The third-order valence-electron chi connectivity index (χ3n) is 2.28. The molecule has 5 heteroatoms. The Morgan fingerprint density at radius 3 is 2.27 bits per heavy atom. The Labute approximate surface area is 92.4 Å². The summed E-state index contributed by atoms with van der Waals surface area (Å²) in [4.78, 5) is 11.5. The second-order valence-corrected chi connectivity index (χ2v) is 3.54. The molecule has 0 bridgehead atoms. The third kappa shape index (κ3) is 8.35. The molecule has 90 valence electrons. The molecule has 1 unspecified atom stereocenters. The summed E-state index contributed by atoms with van der Waals surface area (Å²) in [6.07, 6.45) is 1.51. The highest BCUT2D eigenvalue weighted by atomic mass is 16.1. The van der Waals surface area contributed by atoms with Gasteiger partial charge in [0.2, 0.25) is 5.91 Å². The maximum absolute atomic E-state index is 11.5. The number of nitrogens with one attached hydrogen (secondary N) is 4. The maximum atomic E-state index is 11.5. The van der Waals surface area contributed by atoms with Gasteiger partial charge in [-0.3, -0.25) is 4.79 Å². The molecule has 0 aromatic rings. The molecule has 0 radical (unpaired) electrons. The van der Waals surface area contributed by atoms with Crippen LogP contribution >= 0.6 is 0 Å². The van der Waals surface area contributed by atoms with Crippen molar-refractivity contribution in [2.24, 2.45) is 0 Å². The van der Waals surface area contributed by atoms with E-state index in [1.165, 1.54) is 0 Å². The number of amides is 1. The Kier molecular flexibility index (Phi) is 9.46. The highest BCUT2D eigenvalue weighted by Crippen LogP contribution is 1.96. The fourth-order valence-electron chi connectivity index (χ4n) is 1.29. The molecular formula is C10H24N4O. The molecule has 1 atom stereocenters. The minimum absolute atomic E-state index is 0.112. The van der Waals surface area contributed by atoms with E-state index in [0.29, 0.717) is 13.0 Å².